The lowest BCUT2D eigenvalue weighted by Gasteiger charge is -2.45. The predicted octanol–water partition coefficient (Wildman–Crippen LogP) is 0.735. The molecule has 1 unspecified atom stereocenters. The summed E-state index contributed by atoms with van der Waals surface area (Å²) in [5.74, 6) is 4.02. The van der Waals surface area contributed by atoms with E-state index in [1.54, 1.807) is 4.90 Å². The van der Waals surface area contributed by atoms with Crippen LogP contribution in [0.5, 0.6) is 0 Å². The fourth-order valence-corrected chi connectivity index (χ4v) is 3.64. The quantitative estimate of drug-likeness (QED) is 0.704. The fourth-order valence-electron chi connectivity index (χ4n) is 3.64. The highest BCUT2D eigenvalue weighted by Crippen LogP contribution is 2.26. The second-order valence-electron chi connectivity index (χ2n) is 6.07. The number of para-hydroxylation sites is 1. The number of amides is 2. The van der Waals surface area contributed by atoms with E-state index >= 15 is 0 Å². The number of benzene rings is 1. The Balaban J connectivity index is 1.48. The van der Waals surface area contributed by atoms with E-state index in [1.165, 1.54) is 13.0 Å². The van der Waals surface area contributed by atoms with Gasteiger partial charge >= 0.3 is 6.03 Å². The molecule has 1 aromatic rings. The minimum Gasteiger partial charge on any atom is -0.332 e. The van der Waals surface area contributed by atoms with E-state index in [2.05, 4.69) is 16.6 Å². The monoisotopic (exact) mass is 284 g/mol. The van der Waals surface area contributed by atoms with Crippen molar-refractivity contribution < 1.29 is 9.69 Å². The van der Waals surface area contributed by atoms with Gasteiger partial charge in [-0.25, -0.2) is 4.79 Å². The van der Waals surface area contributed by atoms with Gasteiger partial charge in [-0.1, -0.05) is 24.1 Å². The van der Waals surface area contributed by atoms with E-state index in [4.69, 9.17) is 6.42 Å². The van der Waals surface area contributed by atoms with Crippen LogP contribution in [0.25, 0.3) is 0 Å². The van der Waals surface area contributed by atoms with Crippen LogP contribution in [0.2, 0.25) is 0 Å². The normalized spacial score (nSPS) is 30.4. The number of hydrogen-bond donors (Lipinski definition) is 3. The van der Waals surface area contributed by atoms with Gasteiger partial charge in [0.1, 0.15) is 6.04 Å². The molecular weight excluding hydrogens is 262 g/mol. The Labute approximate surface area is 125 Å². The molecule has 0 saturated carbocycles. The Kier molecular flexibility index (Phi) is 4.12. The summed E-state index contributed by atoms with van der Waals surface area (Å²) in [4.78, 5) is 13.5. The molecule has 0 spiro atoms. The Morgan fingerprint density at radius 2 is 2.19 bits per heavy atom. The summed E-state index contributed by atoms with van der Waals surface area (Å²) >= 11 is 0. The van der Waals surface area contributed by atoms with E-state index < -0.39 is 0 Å². The van der Waals surface area contributed by atoms with Gasteiger partial charge in [0.25, 0.3) is 0 Å². The topological polar surface area (TPSA) is 45.6 Å². The average molecular weight is 284 g/mol. The highest BCUT2D eigenvalue weighted by atomic mass is 16.2. The SMILES string of the molecule is C#C[C@H]1C[NH+]2CC[C@H]1C[C@@H]2CNC(=O)Nc1ccccc1. The van der Waals surface area contributed by atoms with Gasteiger partial charge in [0.05, 0.1) is 25.6 Å². The second-order valence-corrected chi connectivity index (χ2v) is 6.07. The smallest absolute Gasteiger partial charge is 0.319 e. The van der Waals surface area contributed by atoms with E-state index in [9.17, 15) is 4.79 Å². The van der Waals surface area contributed by atoms with Crippen molar-refractivity contribution in [1.82, 2.24) is 5.32 Å². The van der Waals surface area contributed by atoms with Crippen molar-refractivity contribution in [3.63, 3.8) is 0 Å². The first-order chi connectivity index (χ1) is 10.3. The van der Waals surface area contributed by atoms with Gasteiger partial charge in [-0.3, -0.25) is 0 Å². The standard InChI is InChI=1S/C17H21N3O/c1-2-13-12-20-9-8-14(13)10-16(20)11-18-17(21)19-15-6-4-3-5-7-15/h1,3-7,13-14,16H,8-12H2,(H2,18,19,21)/p+1/t13-,14-,16+/m0/s1. The number of quaternary nitrogens is 1. The first-order valence-corrected chi connectivity index (χ1v) is 7.67. The molecule has 3 aliphatic rings. The maximum Gasteiger partial charge on any atom is 0.319 e. The molecule has 4 nitrogen and oxygen atoms in total. The molecule has 1 aromatic carbocycles. The fraction of sp³-hybridized carbons (Fsp3) is 0.471. The molecule has 3 fully saturated rings. The van der Waals surface area contributed by atoms with Crippen LogP contribution >= 0.6 is 0 Å². The van der Waals surface area contributed by atoms with Crippen LogP contribution in [0, 0.1) is 24.2 Å². The maximum atomic E-state index is 11.9. The molecule has 3 aliphatic heterocycles. The molecule has 4 heteroatoms. The minimum atomic E-state index is -0.128. The summed E-state index contributed by atoms with van der Waals surface area (Å²) in [5.41, 5.74) is 0.820. The first-order valence-electron chi connectivity index (χ1n) is 7.67. The van der Waals surface area contributed by atoms with Crippen LogP contribution < -0.4 is 15.5 Å². The van der Waals surface area contributed by atoms with Gasteiger partial charge in [-0.05, 0) is 18.1 Å². The number of carbonyl (C=O) groups excluding carboxylic acids is 1. The molecule has 0 radical (unpaired) electrons. The predicted molar refractivity (Wildman–Crippen MR) is 83.0 cm³/mol. The molecule has 0 aromatic heterocycles. The lowest BCUT2D eigenvalue weighted by molar-refractivity contribution is -0.943. The molecule has 2 amide bonds. The number of rotatable bonds is 3. The van der Waals surface area contributed by atoms with E-state index in [0.29, 0.717) is 17.9 Å². The Hall–Kier alpha value is -1.99. The van der Waals surface area contributed by atoms with Crippen LogP contribution in [0.3, 0.4) is 0 Å². The van der Waals surface area contributed by atoms with E-state index in [-0.39, 0.29) is 6.03 Å². The molecular formula is C17H22N3O+. The van der Waals surface area contributed by atoms with Crippen molar-refractivity contribution in [1.29, 1.82) is 0 Å². The van der Waals surface area contributed by atoms with Crippen LogP contribution in [0.15, 0.2) is 30.3 Å². The van der Waals surface area contributed by atoms with Crippen LogP contribution in [-0.4, -0.2) is 31.7 Å². The van der Waals surface area contributed by atoms with E-state index in [0.717, 1.165) is 25.2 Å². The van der Waals surface area contributed by atoms with Gasteiger partial charge in [0, 0.05) is 18.5 Å². The molecule has 0 aliphatic carbocycles. The van der Waals surface area contributed by atoms with Gasteiger partial charge < -0.3 is 15.5 Å². The van der Waals surface area contributed by atoms with Crippen molar-refractivity contribution in [3.05, 3.63) is 30.3 Å². The number of piperidine rings is 3. The summed E-state index contributed by atoms with van der Waals surface area (Å²) in [7, 11) is 0. The highest BCUT2D eigenvalue weighted by Gasteiger charge is 2.42. The van der Waals surface area contributed by atoms with Gasteiger partial charge in [0.2, 0.25) is 0 Å². The third-order valence-corrected chi connectivity index (χ3v) is 4.81. The van der Waals surface area contributed by atoms with Crippen molar-refractivity contribution in [2.75, 3.05) is 25.0 Å². The largest absolute Gasteiger partial charge is 0.332 e. The second kappa shape index (κ2) is 6.19. The Morgan fingerprint density at radius 1 is 1.38 bits per heavy atom. The molecule has 2 bridgehead atoms. The molecule has 3 saturated heterocycles. The van der Waals surface area contributed by atoms with Gasteiger partial charge in [-0.15, -0.1) is 6.42 Å². The highest BCUT2D eigenvalue weighted by molar-refractivity contribution is 5.89. The molecule has 3 N–H and O–H groups in total. The summed E-state index contributed by atoms with van der Waals surface area (Å²) in [6.45, 7) is 2.98. The van der Waals surface area contributed by atoms with Crippen LogP contribution in [0.1, 0.15) is 12.8 Å². The number of terminal acetylenes is 1. The van der Waals surface area contributed by atoms with Gasteiger partial charge in [-0.2, -0.15) is 0 Å². The number of anilines is 1. The third kappa shape index (κ3) is 3.20. The number of carbonyl (C=O) groups is 1. The molecule has 110 valence electrons. The first kappa shape index (κ1) is 14.0. The summed E-state index contributed by atoms with van der Waals surface area (Å²) in [5, 5.41) is 5.85. The number of hydrogen-bond acceptors (Lipinski definition) is 1. The summed E-state index contributed by atoms with van der Waals surface area (Å²) in [6, 6.07) is 9.90. The average Bonchev–Trinajstić information content (AvgIpc) is 2.54. The lowest BCUT2D eigenvalue weighted by Crippen LogP contribution is -3.20. The molecule has 4 rings (SSSR count). The van der Waals surface area contributed by atoms with Gasteiger partial charge in [0.15, 0.2) is 0 Å². The van der Waals surface area contributed by atoms with Crippen LogP contribution in [-0.2, 0) is 0 Å². The molecule has 4 atom stereocenters. The van der Waals surface area contributed by atoms with Crippen molar-refractivity contribution in [2.24, 2.45) is 11.8 Å². The molecule has 21 heavy (non-hydrogen) atoms. The van der Waals surface area contributed by atoms with E-state index in [1.807, 2.05) is 30.3 Å². The number of fused-ring (bicyclic) bond motifs is 3. The van der Waals surface area contributed by atoms with Crippen molar-refractivity contribution in [2.45, 2.75) is 18.9 Å². The number of urea groups is 1. The zero-order valence-electron chi connectivity index (χ0n) is 12.1. The zero-order valence-corrected chi connectivity index (χ0v) is 12.1. The van der Waals surface area contributed by atoms with Crippen molar-refractivity contribution in [3.8, 4) is 12.3 Å². The Morgan fingerprint density at radius 3 is 2.86 bits per heavy atom. The maximum absolute atomic E-state index is 11.9. The van der Waals surface area contributed by atoms with Crippen LogP contribution in [0.4, 0.5) is 10.5 Å². The minimum absolute atomic E-state index is 0.128. The zero-order chi connectivity index (χ0) is 14.7. The lowest BCUT2D eigenvalue weighted by atomic mass is 9.76. The summed E-state index contributed by atoms with van der Waals surface area (Å²) < 4.78 is 0. The van der Waals surface area contributed by atoms with Crippen molar-refractivity contribution >= 4 is 11.7 Å². The number of nitrogens with one attached hydrogen (secondary N) is 3. The Bertz CT molecular complexity index is 537. The third-order valence-electron chi connectivity index (χ3n) is 4.81. The molecule has 3 heterocycles. The summed E-state index contributed by atoms with van der Waals surface area (Å²) in [6.07, 6.45) is 7.97.